The Morgan fingerprint density at radius 2 is 1.83 bits per heavy atom. The highest BCUT2D eigenvalue weighted by Crippen LogP contribution is 2.11. The lowest BCUT2D eigenvalue weighted by Crippen LogP contribution is -2.01. The lowest BCUT2D eigenvalue weighted by molar-refractivity contribution is -0.140. The van der Waals surface area contributed by atoms with Crippen LogP contribution in [0.2, 0.25) is 0 Å². The Labute approximate surface area is 106 Å². The summed E-state index contributed by atoms with van der Waals surface area (Å²) in [6.45, 7) is -0.272. The summed E-state index contributed by atoms with van der Waals surface area (Å²) in [4.78, 5) is 15.0. The van der Waals surface area contributed by atoms with Crippen molar-refractivity contribution in [1.82, 2.24) is 4.98 Å². The van der Waals surface area contributed by atoms with E-state index in [4.69, 9.17) is 10.2 Å². The van der Waals surface area contributed by atoms with Crippen LogP contribution in [0.4, 0.5) is 0 Å². The maximum Gasteiger partial charge on any atom is 0.305 e. The first-order chi connectivity index (χ1) is 8.69. The van der Waals surface area contributed by atoms with Gasteiger partial charge < -0.3 is 14.9 Å². The number of esters is 1. The molecular weight excluding hydrogens is 234 g/mol. The first kappa shape index (κ1) is 14.6. The summed E-state index contributed by atoms with van der Waals surface area (Å²) in [5, 5.41) is 18.1. The third kappa shape index (κ3) is 4.81. The molecule has 0 saturated heterocycles. The largest absolute Gasteiger partial charge is 0.469 e. The molecule has 5 nitrogen and oxygen atoms in total. The Hall–Kier alpha value is -1.46. The number of carbonyl (C=O) groups excluding carboxylic acids is 1. The van der Waals surface area contributed by atoms with Gasteiger partial charge in [0, 0.05) is 6.42 Å². The molecule has 0 aliphatic heterocycles. The van der Waals surface area contributed by atoms with E-state index in [2.05, 4.69) is 9.72 Å². The molecule has 0 amide bonds. The second kappa shape index (κ2) is 7.79. The zero-order chi connectivity index (χ0) is 13.4. The van der Waals surface area contributed by atoms with Gasteiger partial charge in [0.2, 0.25) is 0 Å². The van der Waals surface area contributed by atoms with Gasteiger partial charge in [-0.05, 0) is 37.0 Å². The highest BCUT2D eigenvalue weighted by Gasteiger charge is 2.03. The summed E-state index contributed by atoms with van der Waals surface area (Å²) < 4.78 is 4.56. The third-order valence-electron chi connectivity index (χ3n) is 2.64. The Kier molecular flexibility index (Phi) is 6.32. The van der Waals surface area contributed by atoms with Crippen molar-refractivity contribution in [2.45, 2.75) is 38.9 Å². The number of pyridine rings is 1. The third-order valence-corrected chi connectivity index (χ3v) is 2.64. The van der Waals surface area contributed by atoms with Gasteiger partial charge in [0.25, 0.3) is 0 Å². The van der Waals surface area contributed by atoms with Gasteiger partial charge in [-0.1, -0.05) is 0 Å². The molecule has 0 radical (unpaired) electrons. The molecule has 100 valence electrons. The Morgan fingerprint density at radius 1 is 1.22 bits per heavy atom. The van der Waals surface area contributed by atoms with E-state index in [0.717, 1.165) is 24.8 Å². The van der Waals surface area contributed by atoms with E-state index in [0.29, 0.717) is 17.8 Å². The molecule has 0 atom stereocenters. The summed E-state index contributed by atoms with van der Waals surface area (Å²) in [6.07, 6.45) is 2.83. The molecule has 0 bridgehead atoms. The van der Waals surface area contributed by atoms with Crippen LogP contribution in [0.25, 0.3) is 0 Å². The van der Waals surface area contributed by atoms with E-state index in [1.807, 2.05) is 12.1 Å². The fourth-order valence-corrected chi connectivity index (χ4v) is 1.73. The Balaban J connectivity index is 2.48. The Bertz CT molecular complexity index is 370. The van der Waals surface area contributed by atoms with E-state index >= 15 is 0 Å². The van der Waals surface area contributed by atoms with Crippen LogP contribution in [0.1, 0.15) is 36.2 Å². The number of nitrogens with zero attached hydrogens (tertiary/aromatic N) is 1. The van der Waals surface area contributed by atoms with E-state index in [1.165, 1.54) is 7.11 Å². The number of aliphatic hydroxyl groups excluding tert-OH is 2. The van der Waals surface area contributed by atoms with Gasteiger partial charge in [-0.2, -0.15) is 0 Å². The predicted molar refractivity (Wildman–Crippen MR) is 65.7 cm³/mol. The fraction of sp³-hybridized carbons (Fsp3) is 0.538. The second-order valence-electron chi connectivity index (χ2n) is 4.06. The van der Waals surface area contributed by atoms with Crippen molar-refractivity contribution in [3.8, 4) is 0 Å². The quantitative estimate of drug-likeness (QED) is 0.558. The van der Waals surface area contributed by atoms with Crippen LogP contribution in [0.15, 0.2) is 12.1 Å². The van der Waals surface area contributed by atoms with E-state index in [-0.39, 0.29) is 19.2 Å². The van der Waals surface area contributed by atoms with Gasteiger partial charge in [-0.3, -0.25) is 9.78 Å². The number of hydrogen-bond acceptors (Lipinski definition) is 5. The molecule has 0 aliphatic carbocycles. The highest BCUT2D eigenvalue weighted by molar-refractivity contribution is 5.68. The van der Waals surface area contributed by atoms with Gasteiger partial charge in [0.05, 0.1) is 31.7 Å². The minimum atomic E-state index is -0.197. The maximum absolute atomic E-state index is 10.9. The van der Waals surface area contributed by atoms with E-state index < -0.39 is 0 Å². The minimum absolute atomic E-state index is 0.136. The predicted octanol–water partition coefficient (Wildman–Crippen LogP) is 0.952. The van der Waals surface area contributed by atoms with Crippen molar-refractivity contribution in [2.75, 3.05) is 7.11 Å². The first-order valence-corrected chi connectivity index (χ1v) is 5.97. The standard InChI is InChI=1S/C13H19NO4/c1-18-13(17)5-3-2-4-10-6-11(8-15)14-12(7-10)9-16/h6-7,15-16H,2-5,8-9H2,1H3. The maximum atomic E-state index is 10.9. The fourth-order valence-electron chi connectivity index (χ4n) is 1.73. The summed E-state index contributed by atoms with van der Waals surface area (Å²) in [5.74, 6) is -0.197. The molecule has 18 heavy (non-hydrogen) atoms. The van der Waals surface area contributed by atoms with Gasteiger partial charge in [-0.15, -0.1) is 0 Å². The Morgan fingerprint density at radius 3 is 2.33 bits per heavy atom. The number of hydrogen-bond donors (Lipinski definition) is 2. The summed E-state index contributed by atoms with van der Waals surface area (Å²) in [6, 6.07) is 3.63. The number of aromatic nitrogens is 1. The van der Waals surface area contributed by atoms with Crippen LogP contribution < -0.4 is 0 Å². The summed E-state index contributed by atoms with van der Waals surface area (Å²) in [5.41, 5.74) is 2.14. The first-order valence-electron chi connectivity index (χ1n) is 5.97. The molecule has 0 fully saturated rings. The van der Waals surface area contributed by atoms with E-state index in [9.17, 15) is 4.79 Å². The number of unbranched alkanes of at least 4 members (excludes halogenated alkanes) is 1. The van der Waals surface area contributed by atoms with E-state index in [1.54, 1.807) is 0 Å². The molecule has 5 heteroatoms. The number of rotatable bonds is 7. The van der Waals surface area contributed by atoms with Crippen LogP contribution in [0.5, 0.6) is 0 Å². The molecule has 2 N–H and O–H groups in total. The highest BCUT2D eigenvalue weighted by atomic mass is 16.5. The molecule has 1 aromatic rings. The van der Waals surface area contributed by atoms with Gasteiger partial charge in [-0.25, -0.2) is 0 Å². The van der Waals surface area contributed by atoms with Crippen molar-refractivity contribution in [1.29, 1.82) is 0 Å². The van der Waals surface area contributed by atoms with Gasteiger partial charge >= 0.3 is 5.97 Å². The molecule has 0 aromatic carbocycles. The number of aryl methyl sites for hydroxylation is 1. The lowest BCUT2D eigenvalue weighted by Gasteiger charge is -2.06. The molecule has 0 unspecified atom stereocenters. The minimum Gasteiger partial charge on any atom is -0.469 e. The number of ether oxygens (including phenoxy) is 1. The van der Waals surface area contributed by atoms with Crippen molar-refractivity contribution >= 4 is 5.97 Å². The topological polar surface area (TPSA) is 79.7 Å². The molecule has 0 spiro atoms. The van der Waals surface area contributed by atoms with Crippen LogP contribution in [0, 0.1) is 0 Å². The SMILES string of the molecule is COC(=O)CCCCc1cc(CO)nc(CO)c1. The van der Waals surface area contributed by atoms with Crippen LogP contribution >= 0.6 is 0 Å². The van der Waals surface area contributed by atoms with Crippen LogP contribution in [0.3, 0.4) is 0 Å². The monoisotopic (exact) mass is 253 g/mol. The number of carbonyl (C=O) groups is 1. The van der Waals surface area contributed by atoms with Crippen LogP contribution in [-0.4, -0.2) is 28.3 Å². The zero-order valence-electron chi connectivity index (χ0n) is 10.6. The smallest absolute Gasteiger partial charge is 0.305 e. The lowest BCUT2D eigenvalue weighted by atomic mass is 10.1. The van der Waals surface area contributed by atoms with Crippen molar-refractivity contribution in [2.24, 2.45) is 0 Å². The van der Waals surface area contributed by atoms with Crippen molar-refractivity contribution < 1.29 is 19.7 Å². The molecular formula is C13H19NO4. The second-order valence-corrected chi connectivity index (χ2v) is 4.06. The average Bonchev–Trinajstić information content (AvgIpc) is 2.42. The number of methoxy groups -OCH3 is 1. The van der Waals surface area contributed by atoms with Crippen molar-refractivity contribution in [3.05, 3.63) is 29.1 Å². The molecule has 1 heterocycles. The molecule has 0 saturated carbocycles. The van der Waals surface area contributed by atoms with Gasteiger partial charge in [0.1, 0.15) is 0 Å². The summed E-state index contributed by atoms with van der Waals surface area (Å²) in [7, 11) is 1.38. The number of aliphatic hydroxyl groups is 2. The average molecular weight is 253 g/mol. The zero-order valence-corrected chi connectivity index (χ0v) is 10.6. The molecule has 1 rings (SSSR count). The molecule has 1 aromatic heterocycles. The normalized spacial score (nSPS) is 10.4. The summed E-state index contributed by atoms with van der Waals surface area (Å²) >= 11 is 0. The van der Waals surface area contributed by atoms with Crippen molar-refractivity contribution in [3.63, 3.8) is 0 Å². The van der Waals surface area contributed by atoms with Gasteiger partial charge in [0.15, 0.2) is 0 Å². The molecule has 0 aliphatic rings. The van der Waals surface area contributed by atoms with Crippen LogP contribution in [-0.2, 0) is 29.2 Å².